The number of rotatable bonds is 7. The second-order valence-corrected chi connectivity index (χ2v) is 7.81. The zero-order chi connectivity index (χ0) is 21.1. The monoisotopic (exact) mass is 423 g/mol. The third-order valence-electron chi connectivity index (χ3n) is 4.91. The van der Waals surface area contributed by atoms with Crippen LogP contribution in [0.4, 0.5) is 5.13 Å². The number of benzene rings is 2. The zero-order valence-electron chi connectivity index (χ0n) is 16.4. The maximum Gasteiger partial charge on any atom is 0.257 e. The Hall–Kier alpha value is -3.39. The van der Waals surface area contributed by atoms with Gasteiger partial charge in [0.25, 0.3) is 11.8 Å². The van der Waals surface area contributed by atoms with E-state index < -0.39 is 5.91 Å². The van der Waals surface area contributed by atoms with E-state index in [9.17, 15) is 9.59 Å². The number of anilines is 1. The van der Waals surface area contributed by atoms with Crippen LogP contribution in [0.1, 0.15) is 27.9 Å². The molecule has 0 fully saturated rings. The number of nitrogens with two attached hydrogens (primary N) is 1. The molecule has 1 aliphatic carbocycles. The van der Waals surface area contributed by atoms with Gasteiger partial charge in [0.05, 0.1) is 12.8 Å². The fourth-order valence-electron chi connectivity index (χ4n) is 3.44. The molecule has 30 heavy (non-hydrogen) atoms. The minimum absolute atomic E-state index is 0.271. The van der Waals surface area contributed by atoms with Gasteiger partial charge in [-0.15, -0.1) is 11.3 Å². The van der Waals surface area contributed by atoms with Crippen molar-refractivity contribution >= 4 is 28.3 Å². The summed E-state index contributed by atoms with van der Waals surface area (Å²) in [4.78, 5) is 28.1. The molecule has 0 unspecified atom stereocenters. The van der Waals surface area contributed by atoms with Gasteiger partial charge in [0.1, 0.15) is 0 Å². The van der Waals surface area contributed by atoms with Crippen LogP contribution in [0.5, 0.6) is 11.5 Å². The minimum Gasteiger partial charge on any atom is -0.493 e. The Labute approximate surface area is 177 Å². The lowest BCUT2D eigenvalue weighted by Gasteiger charge is -2.11. The first-order chi connectivity index (χ1) is 14.5. The second-order valence-electron chi connectivity index (χ2n) is 6.95. The van der Waals surface area contributed by atoms with Crippen molar-refractivity contribution in [2.75, 3.05) is 19.0 Å². The molecule has 2 amide bonds. The van der Waals surface area contributed by atoms with E-state index in [4.69, 9.17) is 15.2 Å². The molecule has 3 N–H and O–H groups in total. The summed E-state index contributed by atoms with van der Waals surface area (Å²) in [6.07, 6.45) is 3.45. The number of hydrogen-bond acceptors (Lipinski definition) is 6. The molecule has 7 nitrogen and oxygen atoms in total. The van der Waals surface area contributed by atoms with Gasteiger partial charge in [-0.25, -0.2) is 4.98 Å². The van der Waals surface area contributed by atoms with Gasteiger partial charge in [-0.1, -0.05) is 12.1 Å². The van der Waals surface area contributed by atoms with Gasteiger partial charge in [-0.2, -0.15) is 0 Å². The van der Waals surface area contributed by atoms with Crippen LogP contribution in [0, 0.1) is 0 Å². The Balaban J connectivity index is 1.47. The Morgan fingerprint density at radius 2 is 1.97 bits per heavy atom. The van der Waals surface area contributed by atoms with Gasteiger partial charge in [0.2, 0.25) is 0 Å². The SMILES string of the molecule is COc1cc(C(=O)Nc2nc(-c3ccc4c(c3)CCC4)cs2)ccc1OCC(N)=O. The van der Waals surface area contributed by atoms with Crippen molar-refractivity contribution in [2.24, 2.45) is 5.73 Å². The number of carbonyl (C=O) groups is 2. The lowest BCUT2D eigenvalue weighted by atomic mass is 10.1. The first-order valence-electron chi connectivity index (χ1n) is 9.51. The highest BCUT2D eigenvalue weighted by Crippen LogP contribution is 2.31. The molecule has 1 heterocycles. The van der Waals surface area contributed by atoms with E-state index in [1.54, 1.807) is 18.2 Å². The summed E-state index contributed by atoms with van der Waals surface area (Å²) in [6, 6.07) is 11.1. The summed E-state index contributed by atoms with van der Waals surface area (Å²) in [5.74, 6) is -0.241. The second kappa shape index (κ2) is 8.54. The Kier molecular flexibility index (Phi) is 5.67. The summed E-state index contributed by atoms with van der Waals surface area (Å²) in [5, 5.41) is 5.27. The fraction of sp³-hybridized carbons (Fsp3) is 0.227. The Morgan fingerprint density at radius 1 is 1.13 bits per heavy atom. The first kappa shape index (κ1) is 19.9. The highest BCUT2D eigenvalue weighted by molar-refractivity contribution is 7.14. The average molecular weight is 423 g/mol. The number of primary amides is 1. The van der Waals surface area contributed by atoms with Crippen molar-refractivity contribution in [3.8, 4) is 22.8 Å². The molecule has 2 aromatic carbocycles. The number of hydrogen-bond donors (Lipinski definition) is 2. The lowest BCUT2D eigenvalue weighted by molar-refractivity contribution is -0.119. The van der Waals surface area contributed by atoms with Crippen molar-refractivity contribution in [3.05, 3.63) is 58.5 Å². The van der Waals surface area contributed by atoms with Crippen LogP contribution in [0.2, 0.25) is 0 Å². The molecular weight excluding hydrogens is 402 g/mol. The van der Waals surface area contributed by atoms with Crippen LogP contribution in [0.25, 0.3) is 11.3 Å². The van der Waals surface area contributed by atoms with Crippen molar-refractivity contribution in [1.82, 2.24) is 4.98 Å². The van der Waals surface area contributed by atoms with Crippen LogP contribution < -0.4 is 20.5 Å². The van der Waals surface area contributed by atoms with E-state index in [0.29, 0.717) is 22.2 Å². The van der Waals surface area contributed by atoms with E-state index in [0.717, 1.165) is 24.1 Å². The van der Waals surface area contributed by atoms with Gasteiger partial charge in [0.15, 0.2) is 23.2 Å². The van der Waals surface area contributed by atoms with Gasteiger partial charge in [-0.3, -0.25) is 14.9 Å². The summed E-state index contributed by atoms with van der Waals surface area (Å²) in [7, 11) is 1.46. The molecule has 0 bridgehead atoms. The quantitative estimate of drug-likeness (QED) is 0.606. The van der Waals surface area contributed by atoms with Crippen molar-refractivity contribution in [2.45, 2.75) is 19.3 Å². The molecule has 0 saturated carbocycles. The maximum atomic E-state index is 12.6. The zero-order valence-corrected chi connectivity index (χ0v) is 17.3. The molecule has 154 valence electrons. The number of aromatic nitrogens is 1. The molecule has 0 saturated heterocycles. The number of thiazole rings is 1. The predicted molar refractivity (Wildman–Crippen MR) is 115 cm³/mol. The lowest BCUT2D eigenvalue weighted by Crippen LogP contribution is -2.20. The van der Waals surface area contributed by atoms with Crippen molar-refractivity contribution in [1.29, 1.82) is 0 Å². The first-order valence-corrected chi connectivity index (χ1v) is 10.4. The van der Waals surface area contributed by atoms with Crippen LogP contribution in [0.15, 0.2) is 41.8 Å². The molecule has 0 atom stereocenters. The molecule has 0 aliphatic heterocycles. The predicted octanol–water partition coefficient (Wildman–Crippen LogP) is 3.42. The number of fused-ring (bicyclic) bond motifs is 1. The number of carbonyl (C=O) groups excluding carboxylic acids is 2. The summed E-state index contributed by atoms with van der Waals surface area (Å²) in [6.45, 7) is -0.271. The highest BCUT2D eigenvalue weighted by atomic mass is 32.1. The van der Waals surface area contributed by atoms with Gasteiger partial charge in [0, 0.05) is 16.5 Å². The van der Waals surface area contributed by atoms with Gasteiger partial charge in [-0.05, 0) is 54.7 Å². The normalized spacial score (nSPS) is 12.3. The van der Waals surface area contributed by atoms with E-state index in [-0.39, 0.29) is 12.5 Å². The smallest absolute Gasteiger partial charge is 0.257 e. The molecule has 0 radical (unpaired) electrons. The summed E-state index contributed by atoms with van der Waals surface area (Å²) in [5.41, 5.74) is 10.2. The molecule has 0 spiro atoms. The number of nitrogens with one attached hydrogen (secondary N) is 1. The molecule has 4 rings (SSSR count). The number of aryl methyl sites for hydroxylation is 2. The van der Waals surface area contributed by atoms with Crippen LogP contribution in [0.3, 0.4) is 0 Å². The number of ether oxygens (including phenoxy) is 2. The number of methoxy groups -OCH3 is 1. The van der Waals surface area contributed by atoms with Crippen molar-refractivity contribution < 1.29 is 19.1 Å². The Morgan fingerprint density at radius 3 is 2.77 bits per heavy atom. The maximum absolute atomic E-state index is 12.6. The van der Waals surface area contributed by atoms with Crippen LogP contribution in [-0.4, -0.2) is 30.5 Å². The fourth-order valence-corrected chi connectivity index (χ4v) is 4.16. The largest absolute Gasteiger partial charge is 0.493 e. The average Bonchev–Trinajstić information content (AvgIpc) is 3.40. The third-order valence-corrected chi connectivity index (χ3v) is 5.67. The van der Waals surface area contributed by atoms with Crippen LogP contribution in [-0.2, 0) is 17.6 Å². The minimum atomic E-state index is -0.596. The molecule has 1 aliphatic rings. The summed E-state index contributed by atoms with van der Waals surface area (Å²) < 4.78 is 10.5. The molecule has 3 aromatic rings. The highest BCUT2D eigenvalue weighted by Gasteiger charge is 2.15. The number of nitrogens with zero attached hydrogens (tertiary/aromatic N) is 1. The van der Waals surface area contributed by atoms with E-state index in [1.165, 1.54) is 36.0 Å². The van der Waals surface area contributed by atoms with Gasteiger partial charge < -0.3 is 15.2 Å². The summed E-state index contributed by atoms with van der Waals surface area (Å²) >= 11 is 1.37. The molecule has 1 aromatic heterocycles. The molecular formula is C22H21N3O4S. The van der Waals surface area contributed by atoms with E-state index in [1.807, 2.05) is 5.38 Å². The standard InChI is InChI=1S/C22H21N3O4S/c1-28-19-10-16(7-8-18(19)29-11-20(23)26)21(27)25-22-24-17(12-30-22)15-6-5-13-3-2-4-14(13)9-15/h5-10,12H,2-4,11H2,1H3,(H2,23,26)(H,24,25,27). The van der Waals surface area contributed by atoms with Gasteiger partial charge >= 0.3 is 0 Å². The Bertz CT molecular complexity index is 1110. The van der Waals surface area contributed by atoms with E-state index >= 15 is 0 Å². The topological polar surface area (TPSA) is 104 Å². The number of amides is 2. The van der Waals surface area contributed by atoms with Crippen molar-refractivity contribution in [3.63, 3.8) is 0 Å². The van der Waals surface area contributed by atoms with E-state index in [2.05, 4.69) is 28.5 Å². The third kappa shape index (κ3) is 4.28. The van der Waals surface area contributed by atoms with Crippen LogP contribution >= 0.6 is 11.3 Å². The molecule has 8 heteroatoms.